The Morgan fingerprint density at radius 1 is 1.38 bits per heavy atom. The number of aryl methyl sites for hydroxylation is 1. The summed E-state index contributed by atoms with van der Waals surface area (Å²) < 4.78 is 0. The van der Waals surface area contributed by atoms with Crippen molar-refractivity contribution in [3.63, 3.8) is 0 Å². The molecular formula is C17H17N5O2. The first-order valence-corrected chi connectivity index (χ1v) is 7.96. The molecule has 1 aliphatic carbocycles. The Morgan fingerprint density at radius 3 is 3.08 bits per heavy atom. The van der Waals surface area contributed by atoms with E-state index in [1.807, 2.05) is 19.1 Å². The Bertz CT molecular complexity index is 953. The molecule has 0 bridgehead atoms. The zero-order valence-corrected chi connectivity index (χ0v) is 13.3. The maximum atomic E-state index is 12.5. The van der Waals surface area contributed by atoms with Crippen LogP contribution < -0.4 is 5.32 Å². The monoisotopic (exact) mass is 323 g/mol. The zero-order valence-electron chi connectivity index (χ0n) is 13.3. The van der Waals surface area contributed by atoms with E-state index in [0.717, 1.165) is 35.2 Å². The summed E-state index contributed by atoms with van der Waals surface area (Å²) in [7, 11) is 0. The largest absolute Gasteiger partial charge is 0.354 e. The lowest BCUT2D eigenvalue weighted by molar-refractivity contribution is 0.0944. The summed E-state index contributed by atoms with van der Waals surface area (Å²) in [6.07, 6.45) is 3.88. The minimum Gasteiger partial charge on any atom is -0.354 e. The van der Waals surface area contributed by atoms with Crippen molar-refractivity contribution in [2.45, 2.75) is 32.7 Å². The lowest BCUT2D eigenvalue weighted by Crippen LogP contribution is -2.24. The van der Waals surface area contributed by atoms with Crippen LogP contribution in [0.4, 0.5) is 0 Å². The summed E-state index contributed by atoms with van der Waals surface area (Å²) >= 11 is 0. The fraction of sp³-hybridized carbons (Fsp3) is 0.294. The highest BCUT2D eigenvalue weighted by atomic mass is 16.2. The van der Waals surface area contributed by atoms with E-state index in [4.69, 9.17) is 0 Å². The molecule has 1 amide bonds. The number of carbonyl (C=O) groups excluding carboxylic acids is 2. The van der Waals surface area contributed by atoms with Crippen molar-refractivity contribution in [3.8, 4) is 0 Å². The second-order valence-electron chi connectivity index (χ2n) is 6.01. The second kappa shape index (κ2) is 5.59. The average molecular weight is 323 g/mol. The van der Waals surface area contributed by atoms with Crippen molar-refractivity contribution in [2.75, 3.05) is 0 Å². The molecule has 7 heteroatoms. The third-order valence-electron chi connectivity index (χ3n) is 4.50. The van der Waals surface area contributed by atoms with Gasteiger partial charge in [0.1, 0.15) is 5.69 Å². The molecule has 0 atom stereocenters. The minimum absolute atomic E-state index is 0.120. The van der Waals surface area contributed by atoms with E-state index in [0.29, 0.717) is 29.9 Å². The van der Waals surface area contributed by atoms with Crippen LogP contribution in [0.5, 0.6) is 0 Å². The third-order valence-corrected chi connectivity index (χ3v) is 4.50. The predicted molar refractivity (Wildman–Crippen MR) is 87.9 cm³/mol. The molecule has 3 aromatic rings. The van der Waals surface area contributed by atoms with Crippen LogP contribution in [0.3, 0.4) is 0 Å². The van der Waals surface area contributed by atoms with E-state index in [1.54, 1.807) is 6.20 Å². The van der Waals surface area contributed by atoms with Crippen LogP contribution in [0.2, 0.25) is 0 Å². The molecule has 3 N–H and O–H groups in total. The summed E-state index contributed by atoms with van der Waals surface area (Å²) in [6.45, 7) is 2.14. The van der Waals surface area contributed by atoms with Crippen molar-refractivity contribution in [2.24, 2.45) is 0 Å². The Labute approximate surface area is 137 Å². The Kier molecular flexibility index (Phi) is 3.41. The van der Waals surface area contributed by atoms with Gasteiger partial charge in [-0.25, -0.2) is 4.98 Å². The fourth-order valence-corrected chi connectivity index (χ4v) is 3.30. The number of fused-ring (bicyclic) bond motifs is 2. The van der Waals surface area contributed by atoms with E-state index in [1.165, 1.54) is 0 Å². The Hall–Kier alpha value is -2.96. The first-order valence-electron chi connectivity index (χ1n) is 7.96. The number of carbonyl (C=O) groups is 2. The van der Waals surface area contributed by atoms with Gasteiger partial charge in [0, 0.05) is 29.3 Å². The lowest BCUT2D eigenvalue weighted by Gasteiger charge is -2.09. The maximum Gasteiger partial charge on any atom is 0.268 e. The van der Waals surface area contributed by atoms with Crippen LogP contribution in [0.1, 0.15) is 50.6 Å². The second-order valence-corrected chi connectivity index (χ2v) is 6.01. The number of Topliss-reactive ketones (excluding diaryl/α,β-unsaturated/α-hetero) is 1. The fourth-order valence-electron chi connectivity index (χ4n) is 3.30. The van der Waals surface area contributed by atoms with Crippen molar-refractivity contribution in [3.05, 3.63) is 46.5 Å². The van der Waals surface area contributed by atoms with E-state index < -0.39 is 0 Å². The van der Waals surface area contributed by atoms with Gasteiger partial charge in [0.25, 0.3) is 5.91 Å². The zero-order chi connectivity index (χ0) is 16.7. The van der Waals surface area contributed by atoms with Gasteiger partial charge in [-0.1, -0.05) is 0 Å². The van der Waals surface area contributed by atoms with Crippen molar-refractivity contribution in [1.82, 2.24) is 25.5 Å². The van der Waals surface area contributed by atoms with E-state index in [9.17, 15) is 9.59 Å². The minimum atomic E-state index is -0.221. The van der Waals surface area contributed by atoms with Gasteiger partial charge in [0.05, 0.1) is 12.2 Å². The summed E-state index contributed by atoms with van der Waals surface area (Å²) in [5, 5.41) is 10.8. The van der Waals surface area contributed by atoms with Gasteiger partial charge >= 0.3 is 0 Å². The normalized spacial score (nSPS) is 14.0. The average Bonchev–Trinajstić information content (AvgIpc) is 3.15. The molecule has 0 spiro atoms. The smallest absolute Gasteiger partial charge is 0.268 e. The molecule has 7 nitrogen and oxygen atoms in total. The molecule has 0 radical (unpaired) electrons. The highest BCUT2D eigenvalue weighted by Gasteiger charge is 2.26. The predicted octanol–water partition coefficient (Wildman–Crippen LogP) is 2.04. The van der Waals surface area contributed by atoms with Crippen molar-refractivity contribution < 1.29 is 9.59 Å². The molecule has 3 aromatic heterocycles. The number of amides is 1. The summed E-state index contributed by atoms with van der Waals surface area (Å²) in [5.41, 5.74) is 4.21. The molecule has 0 saturated heterocycles. The Balaban J connectivity index is 1.56. The van der Waals surface area contributed by atoms with Crippen LogP contribution in [0.25, 0.3) is 11.0 Å². The van der Waals surface area contributed by atoms with E-state index >= 15 is 0 Å². The van der Waals surface area contributed by atoms with Crippen LogP contribution in [0, 0.1) is 6.92 Å². The number of nitrogens with one attached hydrogen (secondary N) is 3. The highest BCUT2D eigenvalue weighted by Crippen LogP contribution is 2.26. The number of aromatic amines is 2. The molecule has 122 valence electrons. The van der Waals surface area contributed by atoms with Crippen LogP contribution >= 0.6 is 0 Å². The number of aromatic nitrogens is 4. The van der Waals surface area contributed by atoms with Gasteiger partial charge in [-0.3, -0.25) is 14.7 Å². The number of H-pyrrole nitrogens is 2. The number of rotatable bonds is 3. The molecule has 0 saturated carbocycles. The van der Waals surface area contributed by atoms with Crippen LogP contribution in [-0.2, 0) is 13.0 Å². The first-order chi connectivity index (χ1) is 11.6. The van der Waals surface area contributed by atoms with Gasteiger partial charge < -0.3 is 10.3 Å². The molecular weight excluding hydrogens is 306 g/mol. The number of hydrogen-bond donors (Lipinski definition) is 3. The number of nitrogens with zero attached hydrogens (tertiary/aromatic N) is 2. The molecule has 0 fully saturated rings. The molecule has 0 aromatic carbocycles. The number of ketones is 1. The van der Waals surface area contributed by atoms with Crippen molar-refractivity contribution >= 4 is 22.7 Å². The SMILES string of the molecule is Cc1c(C(=O)NCc2[nH]nc3ncccc23)[nH]c2c1C(=O)CCC2. The quantitative estimate of drug-likeness (QED) is 0.686. The van der Waals surface area contributed by atoms with Gasteiger partial charge in [-0.15, -0.1) is 0 Å². The summed E-state index contributed by atoms with van der Waals surface area (Å²) in [4.78, 5) is 31.9. The molecule has 24 heavy (non-hydrogen) atoms. The van der Waals surface area contributed by atoms with E-state index in [2.05, 4.69) is 25.5 Å². The number of hydrogen-bond acceptors (Lipinski definition) is 4. The van der Waals surface area contributed by atoms with Gasteiger partial charge in [0.15, 0.2) is 11.4 Å². The third kappa shape index (κ3) is 2.29. The Morgan fingerprint density at radius 2 is 2.25 bits per heavy atom. The standard InChI is InChI=1S/C17H17N5O2/c1-9-14-11(5-2-6-13(14)23)20-15(9)17(24)19-8-12-10-4-3-7-18-16(10)22-21-12/h3-4,7,20H,2,5-6,8H2,1H3,(H,19,24)(H,18,21,22). The van der Waals surface area contributed by atoms with Gasteiger partial charge in [-0.05, 0) is 37.5 Å². The first kappa shape index (κ1) is 14.6. The molecule has 1 aliphatic rings. The highest BCUT2D eigenvalue weighted by molar-refractivity contribution is 6.04. The molecule has 4 rings (SSSR count). The number of pyridine rings is 1. The van der Waals surface area contributed by atoms with Gasteiger partial charge in [-0.2, -0.15) is 5.10 Å². The van der Waals surface area contributed by atoms with Gasteiger partial charge in [0.2, 0.25) is 0 Å². The summed E-state index contributed by atoms with van der Waals surface area (Å²) in [6, 6.07) is 3.74. The van der Waals surface area contributed by atoms with Crippen LogP contribution in [-0.4, -0.2) is 31.9 Å². The van der Waals surface area contributed by atoms with E-state index in [-0.39, 0.29) is 11.7 Å². The molecule has 0 unspecified atom stereocenters. The topological polar surface area (TPSA) is 104 Å². The van der Waals surface area contributed by atoms with Crippen LogP contribution in [0.15, 0.2) is 18.3 Å². The summed E-state index contributed by atoms with van der Waals surface area (Å²) in [5.74, 6) is -0.101. The molecule has 0 aliphatic heterocycles. The van der Waals surface area contributed by atoms with Crippen molar-refractivity contribution in [1.29, 1.82) is 0 Å². The maximum absolute atomic E-state index is 12.5. The molecule has 3 heterocycles. The lowest BCUT2D eigenvalue weighted by atomic mass is 9.94.